The SMILES string of the molecule is N#Cc1ccc(S(=O)(=O)N[C@@H](CO)c2ccccc2)c(F)c1. The fourth-order valence-electron chi connectivity index (χ4n) is 1.94. The third-order valence-electron chi connectivity index (χ3n) is 3.03. The molecule has 114 valence electrons. The van der Waals surface area contributed by atoms with Gasteiger partial charge >= 0.3 is 0 Å². The zero-order valence-corrected chi connectivity index (χ0v) is 12.2. The molecule has 0 aliphatic carbocycles. The van der Waals surface area contributed by atoms with Gasteiger partial charge in [-0.25, -0.2) is 17.5 Å². The van der Waals surface area contributed by atoms with Crippen molar-refractivity contribution < 1.29 is 17.9 Å². The molecule has 0 fully saturated rings. The Kier molecular flexibility index (Phi) is 4.88. The van der Waals surface area contributed by atoms with Crippen molar-refractivity contribution in [1.82, 2.24) is 4.72 Å². The molecule has 1 atom stereocenters. The van der Waals surface area contributed by atoms with Gasteiger partial charge in [0.15, 0.2) is 0 Å². The van der Waals surface area contributed by atoms with Gasteiger partial charge in [-0.05, 0) is 23.8 Å². The van der Waals surface area contributed by atoms with Gasteiger partial charge in [-0.1, -0.05) is 30.3 Å². The molecule has 5 nitrogen and oxygen atoms in total. The van der Waals surface area contributed by atoms with Gasteiger partial charge in [0.1, 0.15) is 10.7 Å². The molecule has 0 heterocycles. The van der Waals surface area contributed by atoms with Crippen molar-refractivity contribution in [1.29, 1.82) is 5.26 Å². The van der Waals surface area contributed by atoms with Crippen molar-refractivity contribution in [2.45, 2.75) is 10.9 Å². The van der Waals surface area contributed by atoms with E-state index >= 15 is 0 Å². The van der Waals surface area contributed by atoms with E-state index in [1.165, 1.54) is 6.07 Å². The number of aliphatic hydroxyl groups excluding tert-OH is 1. The highest BCUT2D eigenvalue weighted by Crippen LogP contribution is 2.20. The smallest absolute Gasteiger partial charge is 0.244 e. The van der Waals surface area contributed by atoms with Crippen molar-refractivity contribution in [3.8, 4) is 6.07 Å². The second-order valence-electron chi connectivity index (χ2n) is 4.52. The van der Waals surface area contributed by atoms with Crippen LogP contribution in [0.25, 0.3) is 0 Å². The van der Waals surface area contributed by atoms with Crippen molar-refractivity contribution in [3.05, 3.63) is 65.5 Å². The minimum Gasteiger partial charge on any atom is -0.394 e. The number of nitriles is 1. The van der Waals surface area contributed by atoms with E-state index in [9.17, 15) is 17.9 Å². The quantitative estimate of drug-likeness (QED) is 0.877. The van der Waals surface area contributed by atoms with Gasteiger partial charge in [0.05, 0.1) is 24.3 Å². The first-order valence-corrected chi connectivity index (χ1v) is 7.84. The number of rotatable bonds is 5. The zero-order chi connectivity index (χ0) is 16.2. The molecule has 2 aromatic carbocycles. The van der Waals surface area contributed by atoms with E-state index in [1.54, 1.807) is 36.4 Å². The first-order valence-electron chi connectivity index (χ1n) is 6.35. The van der Waals surface area contributed by atoms with Gasteiger partial charge in [-0.2, -0.15) is 5.26 Å². The number of aliphatic hydroxyl groups is 1. The van der Waals surface area contributed by atoms with Crippen LogP contribution < -0.4 is 4.72 Å². The highest BCUT2D eigenvalue weighted by molar-refractivity contribution is 7.89. The Balaban J connectivity index is 2.33. The van der Waals surface area contributed by atoms with Gasteiger partial charge in [0.2, 0.25) is 10.0 Å². The predicted octanol–water partition coefficient (Wildman–Crippen LogP) is 1.71. The first-order chi connectivity index (χ1) is 10.5. The molecule has 0 spiro atoms. The maximum Gasteiger partial charge on any atom is 0.244 e. The Hall–Kier alpha value is -2.27. The number of hydrogen-bond acceptors (Lipinski definition) is 4. The largest absolute Gasteiger partial charge is 0.394 e. The average molecular weight is 320 g/mol. The Morgan fingerprint density at radius 1 is 1.23 bits per heavy atom. The standard InChI is InChI=1S/C15H13FN2O3S/c16-13-8-11(9-17)6-7-15(13)22(20,21)18-14(10-19)12-4-2-1-3-5-12/h1-8,14,18-19H,10H2/t14-/m0/s1. The summed E-state index contributed by atoms with van der Waals surface area (Å²) >= 11 is 0. The van der Waals surface area contributed by atoms with E-state index in [-0.39, 0.29) is 5.56 Å². The molecule has 0 amide bonds. The topological polar surface area (TPSA) is 90.2 Å². The lowest BCUT2D eigenvalue weighted by Gasteiger charge is -2.17. The molecule has 2 N–H and O–H groups in total. The van der Waals surface area contributed by atoms with Crippen LogP contribution in [0.1, 0.15) is 17.2 Å². The van der Waals surface area contributed by atoms with Crippen LogP contribution >= 0.6 is 0 Å². The van der Waals surface area contributed by atoms with Crippen molar-refractivity contribution in [2.24, 2.45) is 0 Å². The summed E-state index contributed by atoms with van der Waals surface area (Å²) in [7, 11) is -4.17. The minimum atomic E-state index is -4.17. The molecule has 0 unspecified atom stereocenters. The highest BCUT2D eigenvalue weighted by atomic mass is 32.2. The van der Waals surface area contributed by atoms with E-state index in [0.717, 1.165) is 12.1 Å². The number of nitrogens with one attached hydrogen (secondary N) is 1. The summed E-state index contributed by atoms with van der Waals surface area (Å²) in [5.41, 5.74) is 0.584. The van der Waals surface area contributed by atoms with E-state index in [1.807, 2.05) is 0 Å². The van der Waals surface area contributed by atoms with E-state index in [4.69, 9.17) is 5.26 Å². The fourth-order valence-corrected chi connectivity index (χ4v) is 3.21. The summed E-state index contributed by atoms with van der Waals surface area (Å²) in [6.07, 6.45) is 0. The van der Waals surface area contributed by atoms with Crippen LogP contribution in [-0.2, 0) is 10.0 Å². The Labute approximate surface area is 127 Å². The van der Waals surface area contributed by atoms with Crippen LogP contribution in [-0.4, -0.2) is 20.1 Å². The molecule has 0 bridgehead atoms. The van der Waals surface area contributed by atoms with Crippen molar-refractivity contribution >= 4 is 10.0 Å². The van der Waals surface area contributed by atoms with Gasteiger partial charge in [-0.3, -0.25) is 0 Å². The third-order valence-corrected chi connectivity index (χ3v) is 4.54. The predicted molar refractivity (Wildman–Crippen MR) is 77.7 cm³/mol. The average Bonchev–Trinajstić information content (AvgIpc) is 2.53. The maximum atomic E-state index is 13.9. The second kappa shape index (κ2) is 6.66. The van der Waals surface area contributed by atoms with Crippen LogP contribution in [0.4, 0.5) is 4.39 Å². The molecule has 0 aliphatic heterocycles. The van der Waals surface area contributed by atoms with Crippen LogP contribution in [0.15, 0.2) is 53.4 Å². The molecule has 2 rings (SSSR count). The molecule has 22 heavy (non-hydrogen) atoms. The molecule has 0 radical (unpaired) electrons. The van der Waals surface area contributed by atoms with E-state index in [0.29, 0.717) is 5.56 Å². The Morgan fingerprint density at radius 3 is 2.45 bits per heavy atom. The fraction of sp³-hybridized carbons (Fsp3) is 0.133. The molecule has 0 saturated carbocycles. The summed E-state index contributed by atoms with van der Waals surface area (Å²) in [6.45, 7) is -0.471. The number of sulfonamides is 1. The summed E-state index contributed by atoms with van der Waals surface area (Å²) in [5.74, 6) is -1.02. The normalized spacial score (nSPS) is 12.6. The molecule has 2 aromatic rings. The minimum absolute atomic E-state index is 0.0261. The van der Waals surface area contributed by atoms with Crippen LogP contribution in [0.3, 0.4) is 0 Å². The van der Waals surface area contributed by atoms with Crippen LogP contribution in [0.5, 0.6) is 0 Å². The van der Waals surface area contributed by atoms with Gasteiger partial charge in [0.25, 0.3) is 0 Å². The Bertz CT molecular complexity index is 801. The maximum absolute atomic E-state index is 13.9. The lowest BCUT2D eigenvalue weighted by atomic mass is 10.1. The van der Waals surface area contributed by atoms with Crippen molar-refractivity contribution in [2.75, 3.05) is 6.61 Å². The molecule has 0 saturated heterocycles. The summed E-state index contributed by atoms with van der Waals surface area (Å²) < 4.78 is 40.6. The van der Waals surface area contributed by atoms with Gasteiger partial charge in [-0.15, -0.1) is 0 Å². The van der Waals surface area contributed by atoms with Crippen molar-refractivity contribution in [3.63, 3.8) is 0 Å². The lowest BCUT2D eigenvalue weighted by molar-refractivity contribution is 0.258. The number of benzene rings is 2. The first kappa shape index (κ1) is 16.1. The molecule has 7 heteroatoms. The second-order valence-corrected chi connectivity index (χ2v) is 6.21. The number of hydrogen-bond donors (Lipinski definition) is 2. The highest BCUT2D eigenvalue weighted by Gasteiger charge is 2.24. The summed E-state index contributed by atoms with van der Waals surface area (Å²) in [6, 6.07) is 12.4. The molecule has 0 aromatic heterocycles. The van der Waals surface area contributed by atoms with Gasteiger partial charge in [0, 0.05) is 0 Å². The van der Waals surface area contributed by atoms with E-state index < -0.39 is 33.4 Å². The number of nitrogens with zero attached hydrogens (tertiary/aromatic N) is 1. The van der Waals surface area contributed by atoms with Crippen LogP contribution in [0.2, 0.25) is 0 Å². The Morgan fingerprint density at radius 2 is 1.91 bits per heavy atom. The molecule has 0 aliphatic rings. The third kappa shape index (κ3) is 3.49. The molecular formula is C15H13FN2O3S. The molecular weight excluding hydrogens is 307 g/mol. The zero-order valence-electron chi connectivity index (χ0n) is 11.4. The number of halogens is 1. The van der Waals surface area contributed by atoms with Crippen LogP contribution in [0, 0.1) is 17.1 Å². The van der Waals surface area contributed by atoms with E-state index in [2.05, 4.69) is 4.72 Å². The summed E-state index contributed by atoms with van der Waals surface area (Å²) in [5, 5.41) is 18.1. The van der Waals surface area contributed by atoms with Gasteiger partial charge < -0.3 is 5.11 Å². The lowest BCUT2D eigenvalue weighted by Crippen LogP contribution is -2.31. The summed E-state index contributed by atoms with van der Waals surface area (Å²) in [4.78, 5) is -0.569. The monoisotopic (exact) mass is 320 g/mol.